The first-order chi connectivity index (χ1) is 21.8. The number of amides is 2. The van der Waals surface area contributed by atoms with Gasteiger partial charge in [0.05, 0.1) is 16.1 Å². The maximum atomic E-state index is 15.0. The molecule has 4 aromatic carbocycles. The molecule has 0 saturated carbocycles. The number of rotatable bonds is 12. The van der Waals surface area contributed by atoms with E-state index in [1.807, 2.05) is 0 Å². The van der Waals surface area contributed by atoms with Crippen molar-refractivity contribution in [1.82, 2.24) is 10.2 Å². The average Bonchev–Trinajstić information content (AvgIpc) is 3.02. The summed E-state index contributed by atoms with van der Waals surface area (Å²) in [5.74, 6) is -2.16. The molecule has 2 amide bonds. The third-order valence-corrected chi connectivity index (χ3v) is 8.86. The van der Waals surface area contributed by atoms with Gasteiger partial charge in [0.1, 0.15) is 18.4 Å². The Morgan fingerprint density at radius 1 is 0.826 bits per heavy atom. The van der Waals surface area contributed by atoms with E-state index < -0.39 is 64.2 Å². The fourth-order valence-electron chi connectivity index (χ4n) is 4.83. The van der Waals surface area contributed by atoms with Crippen LogP contribution in [0, 0.1) is 5.82 Å². The number of carbonyl (C=O) groups excluding carboxylic acids is 2. The van der Waals surface area contributed by atoms with Crippen molar-refractivity contribution in [3.63, 3.8) is 0 Å². The third-order valence-electron chi connectivity index (χ3n) is 7.07. The second kappa shape index (κ2) is 14.6. The fourth-order valence-corrected chi connectivity index (χ4v) is 6.26. The monoisotopic (exact) mass is 655 g/mol. The van der Waals surface area contributed by atoms with Crippen LogP contribution in [0.4, 0.5) is 23.2 Å². The highest BCUT2D eigenvalue weighted by Crippen LogP contribution is 2.33. The van der Waals surface area contributed by atoms with Crippen LogP contribution in [0.5, 0.6) is 0 Å². The van der Waals surface area contributed by atoms with Crippen LogP contribution >= 0.6 is 0 Å². The summed E-state index contributed by atoms with van der Waals surface area (Å²) in [5.41, 5.74) is -0.802. The van der Waals surface area contributed by atoms with Gasteiger partial charge in [0.15, 0.2) is 0 Å². The summed E-state index contributed by atoms with van der Waals surface area (Å²) in [4.78, 5) is 28.8. The molecule has 0 aliphatic carbocycles. The first-order valence-electron chi connectivity index (χ1n) is 14.4. The molecule has 0 heterocycles. The van der Waals surface area contributed by atoms with Crippen LogP contribution in [0.3, 0.4) is 0 Å². The predicted molar refractivity (Wildman–Crippen MR) is 167 cm³/mol. The Morgan fingerprint density at radius 2 is 1.43 bits per heavy atom. The lowest BCUT2D eigenvalue weighted by atomic mass is 10.0. The number of nitrogens with zero attached hydrogens (tertiary/aromatic N) is 2. The summed E-state index contributed by atoms with van der Waals surface area (Å²) < 4.78 is 84.5. The quantitative estimate of drug-likeness (QED) is 0.184. The Kier molecular flexibility index (Phi) is 10.8. The number of hydrogen-bond donors (Lipinski definition) is 1. The molecule has 0 aliphatic rings. The molecule has 7 nitrogen and oxygen atoms in total. The van der Waals surface area contributed by atoms with Crippen molar-refractivity contribution in [3.8, 4) is 0 Å². The lowest BCUT2D eigenvalue weighted by molar-refractivity contribution is -0.140. The molecule has 0 aromatic heterocycles. The van der Waals surface area contributed by atoms with Gasteiger partial charge in [0.25, 0.3) is 10.0 Å². The molecule has 12 heteroatoms. The van der Waals surface area contributed by atoms with Crippen molar-refractivity contribution >= 4 is 27.5 Å². The van der Waals surface area contributed by atoms with Gasteiger partial charge in [-0.05, 0) is 55.8 Å². The summed E-state index contributed by atoms with van der Waals surface area (Å²) in [7, 11) is -4.61. The molecule has 1 N–H and O–H groups in total. The van der Waals surface area contributed by atoms with E-state index in [-0.39, 0.29) is 22.9 Å². The minimum Gasteiger partial charge on any atom is -0.352 e. The summed E-state index contributed by atoms with van der Waals surface area (Å²) >= 11 is 0. The van der Waals surface area contributed by atoms with E-state index in [0.717, 1.165) is 23.1 Å². The van der Waals surface area contributed by atoms with E-state index >= 15 is 0 Å². The SMILES string of the molecule is CC(C)NC(=O)[C@H](Cc1ccccc1)N(Cc1ccccc1F)C(=O)CN(c1cccc(C(F)(F)F)c1)S(=O)(=O)c1ccccc1. The Hall–Kier alpha value is -4.71. The number of sulfonamides is 1. The topological polar surface area (TPSA) is 86.8 Å². The minimum atomic E-state index is -4.80. The van der Waals surface area contributed by atoms with Gasteiger partial charge >= 0.3 is 6.18 Å². The molecule has 242 valence electrons. The Labute approximate surface area is 265 Å². The molecule has 0 bridgehead atoms. The smallest absolute Gasteiger partial charge is 0.352 e. The highest BCUT2D eigenvalue weighted by Gasteiger charge is 2.36. The van der Waals surface area contributed by atoms with Gasteiger partial charge in [0.2, 0.25) is 11.8 Å². The van der Waals surface area contributed by atoms with Gasteiger partial charge in [-0.3, -0.25) is 13.9 Å². The van der Waals surface area contributed by atoms with Crippen LogP contribution in [0.1, 0.15) is 30.5 Å². The van der Waals surface area contributed by atoms with Gasteiger partial charge in [-0.2, -0.15) is 13.2 Å². The second-order valence-electron chi connectivity index (χ2n) is 10.9. The summed E-state index contributed by atoms with van der Waals surface area (Å²) in [6.45, 7) is 2.05. The van der Waals surface area contributed by atoms with Crippen LogP contribution < -0.4 is 9.62 Å². The van der Waals surface area contributed by atoms with Crippen molar-refractivity contribution in [2.24, 2.45) is 0 Å². The molecule has 1 atom stereocenters. The van der Waals surface area contributed by atoms with E-state index in [1.54, 1.807) is 56.3 Å². The largest absolute Gasteiger partial charge is 0.416 e. The highest BCUT2D eigenvalue weighted by atomic mass is 32.2. The Bertz CT molecular complexity index is 1750. The Balaban J connectivity index is 1.85. The van der Waals surface area contributed by atoms with E-state index in [1.165, 1.54) is 42.5 Å². The first-order valence-corrected chi connectivity index (χ1v) is 15.8. The lowest BCUT2D eigenvalue weighted by Crippen LogP contribution is -2.54. The van der Waals surface area contributed by atoms with Crippen LogP contribution in [0.2, 0.25) is 0 Å². The van der Waals surface area contributed by atoms with Gasteiger partial charge in [-0.15, -0.1) is 0 Å². The summed E-state index contributed by atoms with van der Waals surface area (Å²) in [6, 6.07) is 23.4. The standard InChI is InChI=1S/C34H33F4N3O4S/c1-24(2)39-33(43)31(20-25-12-5-3-6-13-25)40(22-26-14-9-10-19-30(26)35)32(42)23-41(46(44,45)29-17-7-4-8-18-29)28-16-11-15-27(21-28)34(36,37)38/h3-19,21,24,31H,20,22-23H2,1-2H3,(H,39,43)/t31-/m0/s1. The number of carbonyl (C=O) groups is 2. The average molecular weight is 656 g/mol. The van der Waals surface area contributed by atoms with Crippen LogP contribution in [0.15, 0.2) is 114 Å². The predicted octanol–water partition coefficient (Wildman–Crippen LogP) is 6.20. The number of nitrogens with one attached hydrogen (secondary N) is 1. The molecule has 0 aliphatic heterocycles. The molecule has 46 heavy (non-hydrogen) atoms. The maximum absolute atomic E-state index is 15.0. The van der Waals surface area contributed by atoms with Crippen LogP contribution in [0.25, 0.3) is 0 Å². The number of alkyl halides is 3. The third kappa shape index (κ3) is 8.51. The fraction of sp³-hybridized carbons (Fsp3) is 0.235. The Morgan fingerprint density at radius 3 is 2.04 bits per heavy atom. The van der Waals surface area contributed by atoms with Crippen LogP contribution in [-0.2, 0) is 38.8 Å². The van der Waals surface area contributed by atoms with Crippen LogP contribution in [-0.4, -0.2) is 43.8 Å². The zero-order valence-corrected chi connectivity index (χ0v) is 25.9. The van der Waals surface area contributed by atoms with E-state index in [2.05, 4.69) is 5.32 Å². The van der Waals surface area contributed by atoms with Gasteiger partial charge in [-0.25, -0.2) is 12.8 Å². The molecule has 4 aromatic rings. The summed E-state index contributed by atoms with van der Waals surface area (Å²) in [6.07, 6.45) is -4.80. The van der Waals surface area contributed by atoms with Gasteiger partial charge in [0, 0.05) is 24.6 Å². The lowest BCUT2D eigenvalue weighted by Gasteiger charge is -2.34. The first kappa shape index (κ1) is 34.2. The molecule has 0 radical (unpaired) electrons. The molecule has 0 fully saturated rings. The van der Waals surface area contributed by atoms with E-state index in [0.29, 0.717) is 15.9 Å². The molecule has 0 unspecified atom stereocenters. The van der Waals surface area contributed by atoms with Gasteiger partial charge < -0.3 is 10.2 Å². The number of hydrogen-bond acceptors (Lipinski definition) is 4. The van der Waals surface area contributed by atoms with Crippen molar-refractivity contribution in [2.75, 3.05) is 10.8 Å². The molecule has 4 rings (SSSR count). The zero-order chi connectivity index (χ0) is 33.5. The van der Waals surface area contributed by atoms with Gasteiger partial charge in [-0.1, -0.05) is 72.8 Å². The second-order valence-corrected chi connectivity index (χ2v) is 12.7. The summed E-state index contributed by atoms with van der Waals surface area (Å²) in [5, 5.41) is 2.78. The molecular formula is C34H33F4N3O4S. The molecule has 0 saturated heterocycles. The van der Waals surface area contributed by atoms with Crippen molar-refractivity contribution in [1.29, 1.82) is 0 Å². The van der Waals surface area contributed by atoms with E-state index in [4.69, 9.17) is 0 Å². The minimum absolute atomic E-state index is 0.00538. The van der Waals surface area contributed by atoms with Crippen molar-refractivity contribution in [3.05, 3.63) is 132 Å². The van der Waals surface area contributed by atoms with Crippen molar-refractivity contribution < 1.29 is 35.6 Å². The normalized spacial score (nSPS) is 12.4. The highest BCUT2D eigenvalue weighted by molar-refractivity contribution is 7.92. The molecular weight excluding hydrogens is 622 g/mol. The van der Waals surface area contributed by atoms with Crippen molar-refractivity contribution in [2.45, 2.75) is 50.0 Å². The maximum Gasteiger partial charge on any atom is 0.416 e. The zero-order valence-electron chi connectivity index (χ0n) is 25.1. The number of anilines is 1. The van der Waals surface area contributed by atoms with E-state index in [9.17, 15) is 35.6 Å². The number of benzene rings is 4. The molecule has 0 spiro atoms. The number of halogens is 4.